The second-order valence-corrected chi connectivity index (χ2v) is 7.75. The van der Waals surface area contributed by atoms with Crippen LogP contribution >= 0.6 is 0 Å². The minimum absolute atomic E-state index is 0.166. The van der Waals surface area contributed by atoms with Gasteiger partial charge in [0.1, 0.15) is 18.2 Å². The molecule has 4 rings (SSSR count). The number of hydrogen-bond donors (Lipinski definition) is 0. The summed E-state index contributed by atoms with van der Waals surface area (Å²) >= 11 is 0. The first-order chi connectivity index (χ1) is 15.7. The zero-order chi connectivity index (χ0) is 22.3. The standard InChI is InChI=1S/C24H28N6O2/c1-29(2)24-27-15-20(19-13-25-17-26-14-19)23(28-24)22-16-30(11-12-32-22)10-6-8-18-7-4-5-9-21(18)31-3/h4-9,13-15,17,22H,10-12,16H2,1-3H3. The Balaban J connectivity index is 1.53. The number of hydrogen-bond acceptors (Lipinski definition) is 8. The van der Waals surface area contributed by atoms with E-state index < -0.39 is 0 Å². The Labute approximate surface area is 188 Å². The average molecular weight is 433 g/mol. The smallest absolute Gasteiger partial charge is 0.225 e. The van der Waals surface area contributed by atoms with E-state index in [-0.39, 0.29) is 6.10 Å². The van der Waals surface area contributed by atoms with Gasteiger partial charge in [-0.3, -0.25) is 4.90 Å². The fourth-order valence-electron chi connectivity index (χ4n) is 3.67. The van der Waals surface area contributed by atoms with Crippen LogP contribution in [0.2, 0.25) is 0 Å². The van der Waals surface area contributed by atoms with Crippen LogP contribution in [0.25, 0.3) is 17.2 Å². The highest BCUT2D eigenvalue weighted by Gasteiger charge is 2.26. The number of para-hydroxylation sites is 1. The van der Waals surface area contributed by atoms with Gasteiger partial charge in [0, 0.05) is 69.0 Å². The summed E-state index contributed by atoms with van der Waals surface area (Å²) in [6.45, 7) is 3.05. The fraction of sp³-hybridized carbons (Fsp3) is 0.333. The van der Waals surface area contributed by atoms with Crippen molar-refractivity contribution >= 4 is 12.0 Å². The van der Waals surface area contributed by atoms with Crippen molar-refractivity contribution in [3.63, 3.8) is 0 Å². The molecule has 1 unspecified atom stereocenters. The van der Waals surface area contributed by atoms with Gasteiger partial charge in [0.15, 0.2) is 0 Å². The normalized spacial score (nSPS) is 16.9. The van der Waals surface area contributed by atoms with Crippen molar-refractivity contribution in [2.75, 3.05) is 52.3 Å². The molecule has 3 aromatic rings. The fourth-order valence-corrected chi connectivity index (χ4v) is 3.67. The second kappa shape index (κ2) is 10.3. The zero-order valence-corrected chi connectivity index (χ0v) is 18.7. The lowest BCUT2D eigenvalue weighted by atomic mass is 10.0. The van der Waals surface area contributed by atoms with Crippen LogP contribution in [0, 0.1) is 0 Å². The number of rotatable bonds is 7. The predicted molar refractivity (Wildman–Crippen MR) is 125 cm³/mol. The molecular formula is C24H28N6O2. The molecule has 1 atom stereocenters. The highest BCUT2D eigenvalue weighted by atomic mass is 16.5. The predicted octanol–water partition coefficient (Wildman–Crippen LogP) is 3.09. The molecule has 166 valence electrons. The molecule has 1 saturated heterocycles. The molecule has 0 aliphatic carbocycles. The first-order valence-corrected chi connectivity index (χ1v) is 10.6. The van der Waals surface area contributed by atoms with E-state index in [0.717, 1.165) is 47.8 Å². The molecule has 8 heteroatoms. The summed E-state index contributed by atoms with van der Waals surface area (Å²) in [5.41, 5.74) is 3.70. The zero-order valence-electron chi connectivity index (χ0n) is 18.7. The number of anilines is 1. The summed E-state index contributed by atoms with van der Waals surface area (Å²) in [6.07, 6.45) is 11.0. The molecule has 0 bridgehead atoms. The Kier molecular flexibility index (Phi) is 7.03. The van der Waals surface area contributed by atoms with E-state index in [1.807, 2.05) is 43.4 Å². The Morgan fingerprint density at radius 2 is 2.00 bits per heavy atom. The summed E-state index contributed by atoms with van der Waals surface area (Å²) in [4.78, 5) is 21.9. The number of benzene rings is 1. The monoisotopic (exact) mass is 432 g/mol. The molecule has 2 aromatic heterocycles. The Hall–Kier alpha value is -3.36. The van der Waals surface area contributed by atoms with E-state index in [9.17, 15) is 0 Å². The Morgan fingerprint density at radius 3 is 2.78 bits per heavy atom. The molecule has 1 fully saturated rings. The summed E-state index contributed by atoms with van der Waals surface area (Å²) in [7, 11) is 5.56. The minimum atomic E-state index is -0.166. The van der Waals surface area contributed by atoms with Crippen molar-refractivity contribution in [3.05, 3.63) is 66.5 Å². The van der Waals surface area contributed by atoms with Gasteiger partial charge in [-0.1, -0.05) is 30.4 Å². The molecule has 1 aliphatic heterocycles. The van der Waals surface area contributed by atoms with Crippen LogP contribution in [0.5, 0.6) is 5.75 Å². The average Bonchev–Trinajstić information content (AvgIpc) is 2.84. The molecule has 0 amide bonds. The van der Waals surface area contributed by atoms with E-state index >= 15 is 0 Å². The highest BCUT2D eigenvalue weighted by molar-refractivity contribution is 5.64. The third-order valence-electron chi connectivity index (χ3n) is 5.33. The molecular weight excluding hydrogens is 404 g/mol. The summed E-state index contributed by atoms with van der Waals surface area (Å²) in [5, 5.41) is 0. The van der Waals surface area contributed by atoms with Gasteiger partial charge in [-0.15, -0.1) is 0 Å². The number of morpholine rings is 1. The summed E-state index contributed by atoms with van der Waals surface area (Å²) in [6, 6.07) is 8.01. The van der Waals surface area contributed by atoms with Crippen molar-refractivity contribution in [2.45, 2.75) is 6.10 Å². The van der Waals surface area contributed by atoms with E-state index in [1.54, 1.807) is 19.5 Å². The summed E-state index contributed by atoms with van der Waals surface area (Å²) < 4.78 is 11.6. The van der Waals surface area contributed by atoms with Crippen molar-refractivity contribution in [3.8, 4) is 16.9 Å². The summed E-state index contributed by atoms with van der Waals surface area (Å²) in [5.74, 6) is 1.52. The van der Waals surface area contributed by atoms with Gasteiger partial charge in [-0.25, -0.2) is 19.9 Å². The third kappa shape index (κ3) is 5.09. The molecule has 32 heavy (non-hydrogen) atoms. The highest BCUT2D eigenvalue weighted by Crippen LogP contribution is 2.31. The van der Waals surface area contributed by atoms with E-state index in [0.29, 0.717) is 12.6 Å². The van der Waals surface area contributed by atoms with Crippen molar-refractivity contribution in [1.82, 2.24) is 24.8 Å². The Bertz CT molecular complexity index is 1060. The van der Waals surface area contributed by atoms with Gasteiger partial charge < -0.3 is 14.4 Å². The van der Waals surface area contributed by atoms with Gasteiger partial charge >= 0.3 is 0 Å². The van der Waals surface area contributed by atoms with E-state index in [4.69, 9.17) is 14.5 Å². The van der Waals surface area contributed by atoms with E-state index in [1.165, 1.54) is 6.33 Å². The van der Waals surface area contributed by atoms with Crippen LogP contribution in [0.1, 0.15) is 17.4 Å². The van der Waals surface area contributed by atoms with Crippen LogP contribution in [-0.2, 0) is 4.74 Å². The maximum atomic E-state index is 6.16. The van der Waals surface area contributed by atoms with Gasteiger partial charge in [0.05, 0.1) is 19.4 Å². The van der Waals surface area contributed by atoms with Gasteiger partial charge in [-0.05, 0) is 6.07 Å². The first kappa shape index (κ1) is 21.9. The third-order valence-corrected chi connectivity index (χ3v) is 5.33. The number of nitrogens with zero attached hydrogens (tertiary/aromatic N) is 6. The number of aromatic nitrogens is 4. The number of ether oxygens (including phenoxy) is 2. The maximum absolute atomic E-state index is 6.16. The van der Waals surface area contributed by atoms with Crippen LogP contribution < -0.4 is 9.64 Å². The molecule has 1 aliphatic rings. The largest absolute Gasteiger partial charge is 0.496 e. The minimum Gasteiger partial charge on any atom is -0.496 e. The second-order valence-electron chi connectivity index (χ2n) is 7.75. The van der Waals surface area contributed by atoms with Gasteiger partial charge in [0.25, 0.3) is 0 Å². The molecule has 0 N–H and O–H groups in total. The van der Waals surface area contributed by atoms with Crippen molar-refractivity contribution < 1.29 is 9.47 Å². The SMILES string of the molecule is COc1ccccc1C=CCN1CCOC(c2nc(N(C)C)ncc2-c2cncnc2)C1. The maximum Gasteiger partial charge on any atom is 0.225 e. The van der Waals surface area contributed by atoms with Gasteiger partial charge in [-0.2, -0.15) is 0 Å². The molecule has 0 saturated carbocycles. The van der Waals surface area contributed by atoms with Gasteiger partial charge in [0.2, 0.25) is 5.95 Å². The quantitative estimate of drug-likeness (QED) is 0.564. The van der Waals surface area contributed by atoms with Crippen LogP contribution in [0.3, 0.4) is 0 Å². The van der Waals surface area contributed by atoms with Crippen molar-refractivity contribution in [2.24, 2.45) is 0 Å². The number of methoxy groups -OCH3 is 1. The van der Waals surface area contributed by atoms with Crippen LogP contribution in [0.15, 0.2) is 55.3 Å². The topological polar surface area (TPSA) is 76.5 Å². The lowest BCUT2D eigenvalue weighted by molar-refractivity contribution is -0.0278. The lowest BCUT2D eigenvalue weighted by Gasteiger charge is -2.33. The Morgan fingerprint density at radius 1 is 1.19 bits per heavy atom. The molecule has 0 spiro atoms. The lowest BCUT2D eigenvalue weighted by Crippen LogP contribution is -2.39. The van der Waals surface area contributed by atoms with Crippen molar-refractivity contribution in [1.29, 1.82) is 0 Å². The van der Waals surface area contributed by atoms with Crippen LogP contribution in [-0.4, -0.2) is 72.3 Å². The molecule has 8 nitrogen and oxygen atoms in total. The molecule has 1 aromatic carbocycles. The molecule has 3 heterocycles. The van der Waals surface area contributed by atoms with Crippen LogP contribution in [0.4, 0.5) is 5.95 Å². The van der Waals surface area contributed by atoms with E-state index in [2.05, 4.69) is 38.1 Å². The first-order valence-electron chi connectivity index (χ1n) is 10.6. The molecule has 0 radical (unpaired) electrons.